The fourth-order valence-electron chi connectivity index (χ4n) is 3.32. The van der Waals surface area contributed by atoms with Gasteiger partial charge < -0.3 is 25.0 Å². The lowest BCUT2D eigenvalue weighted by Crippen LogP contribution is -2.62. The minimum Gasteiger partial charge on any atom is -0.456 e. The minimum atomic E-state index is -1.61. The van der Waals surface area contributed by atoms with Crippen LogP contribution in [0, 0.1) is 5.82 Å². The van der Waals surface area contributed by atoms with E-state index in [1.165, 1.54) is 43.3 Å². The predicted octanol–water partition coefficient (Wildman–Crippen LogP) is 2.31. The Balaban J connectivity index is 2.25. The number of carbonyl (C=O) groups is 2. The quantitative estimate of drug-likeness (QED) is 0.377. The number of likely N-dealkylation sites (tertiary alicyclic amines) is 1. The summed E-state index contributed by atoms with van der Waals surface area (Å²) < 4.78 is 25.2. The Labute approximate surface area is 188 Å². The van der Waals surface area contributed by atoms with Crippen LogP contribution in [0.5, 0.6) is 5.75 Å². The first-order valence-electron chi connectivity index (χ1n) is 10.5. The molecule has 0 aliphatic carbocycles. The molecule has 1 saturated heterocycles. The molecule has 1 fully saturated rings. The lowest BCUT2D eigenvalue weighted by atomic mass is 10.1. The van der Waals surface area contributed by atoms with Crippen LogP contribution in [0.15, 0.2) is 42.0 Å². The lowest BCUT2D eigenvalue weighted by molar-refractivity contribution is -0.145. The molecule has 9 nitrogen and oxygen atoms in total. The maximum atomic E-state index is 14.2. The van der Waals surface area contributed by atoms with Crippen LogP contribution in [0.4, 0.5) is 9.18 Å². The highest BCUT2D eigenvalue weighted by atomic mass is 19.1. The van der Waals surface area contributed by atoms with Gasteiger partial charge in [0, 0.05) is 34.1 Å². The van der Waals surface area contributed by atoms with Gasteiger partial charge in [0.2, 0.25) is 5.96 Å². The second kappa shape index (κ2) is 11.4. The monoisotopic (exact) mass is 449 g/mol. The first-order chi connectivity index (χ1) is 15.3. The molecule has 2 amide bonds. The van der Waals surface area contributed by atoms with Crippen molar-refractivity contribution in [1.29, 1.82) is 0 Å². The van der Waals surface area contributed by atoms with Crippen LogP contribution < -0.4 is 15.4 Å². The van der Waals surface area contributed by atoms with E-state index in [0.29, 0.717) is 38.5 Å². The van der Waals surface area contributed by atoms with Crippen molar-refractivity contribution in [2.24, 2.45) is 4.99 Å². The van der Waals surface area contributed by atoms with Crippen molar-refractivity contribution in [3.8, 4) is 5.75 Å². The number of hydrogen-bond acceptors (Lipinski definition) is 5. The maximum Gasteiger partial charge on any atom is 0.409 e. The Morgan fingerprint density at radius 3 is 2.59 bits per heavy atom. The highest BCUT2D eigenvalue weighted by Gasteiger charge is 2.42. The maximum absolute atomic E-state index is 14.2. The smallest absolute Gasteiger partial charge is 0.409 e. The number of nitrogens with one attached hydrogen (secondary N) is 2. The Kier molecular flexibility index (Phi) is 8.86. The molecule has 0 spiro atoms. The average molecular weight is 450 g/mol. The van der Waals surface area contributed by atoms with Gasteiger partial charge in [0.25, 0.3) is 11.6 Å². The second-order valence-corrected chi connectivity index (χ2v) is 7.37. The van der Waals surface area contributed by atoms with Gasteiger partial charge in [-0.3, -0.25) is 9.69 Å². The number of aliphatic imine (C=N–C) groups is 1. The Bertz CT molecular complexity index is 841. The first kappa shape index (κ1) is 25.0. The number of nitrogens with zero attached hydrogens (tertiary/aromatic N) is 3. The number of carbonyl (C=O) groups excluding carboxylic acids is 2. The summed E-state index contributed by atoms with van der Waals surface area (Å²) >= 11 is 0. The third-order valence-corrected chi connectivity index (χ3v) is 5.28. The molecule has 2 rings (SSSR count). The third kappa shape index (κ3) is 5.89. The van der Waals surface area contributed by atoms with Crippen LogP contribution in [0.3, 0.4) is 0 Å². The van der Waals surface area contributed by atoms with E-state index in [-0.39, 0.29) is 17.9 Å². The van der Waals surface area contributed by atoms with Crippen molar-refractivity contribution in [2.45, 2.75) is 38.5 Å². The number of hydrogen-bond donors (Lipinski definition) is 2. The van der Waals surface area contributed by atoms with Gasteiger partial charge in [-0.15, -0.1) is 0 Å². The van der Waals surface area contributed by atoms with Crippen LogP contribution in [0.2, 0.25) is 0 Å². The predicted molar refractivity (Wildman–Crippen MR) is 120 cm³/mol. The number of rotatable bonds is 7. The Morgan fingerprint density at radius 2 is 2.03 bits per heavy atom. The van der Waals surface area contributed by atoms with Gasteiger partial charge in [-0.05, 0) is 38.1 Å². The number of benzene rings is 1. The zero-order valence-corrected chi connectivity index (χ0v) is 19.1. The van der Waals surface area contributed by atoms with E-state index in [4.69, 9.17) is 14.5 Å². The van der Waals surface area contributed by atoms with E-state index in [1.54, 1.807) is 24.9 Å². The number of halogens is 1. The summed E-state index contributed by atoms with van der Waals surface area (Å²) in [6.07, 6.45) is 2.36. The number of ether oxygens (including phenoxy) is 2. The van der Waals surface area contributed by atoms with Gasteiger partial charge in [-0.2, -0.15) is 0 Å². The van der Waals surface area contributed by atoms with Gasteiger partial charge >= 0.3 is 6.09 Å². The largest absolute Gasteiger partial charge is 0.456 e. The summed E-state index contributed by atoms with van der Waals surface area (Å²) in [6.45, 7) is 8.34. The molecule has 1 aromatic carbocycles. The van der Waals surface area contributed by atoms with Gasteiger partial charge in [-0.1, -0.05) is 18.7 Å². The molecular weight excluding hydrogens is 417 g/mol. The van der Waals surface area contributed by atoms with Crippen molar-refractivity contribution in [3.05, 3.63) is 42.9 Å². The van der Waals surface area contributed by atoms with Crippen LogP contribution in [-0.4, -0.2) is 73.3 Å². The Morgan fingerprint density at radius 1 is 1.38 bits per heavy atom. The Hall–Kier alpha value is -3.30. The summed E-state index contributed by atoms with van der Waals surface area (Å²) in [6, 6.07) is 5.77. The van der Waals surface area contributed by atoms with Crippen molar-refractivity contribution < 1.29 is 23.5 Å². The van der Waals surface area contributed by atoms with Gasteiger partial charge in [0.15, 0.2) is 11.6 Å². The summed E-state index contributed by atoms with van der Waals surface area (Å²) in [4.78, 5) is 32.6. The molecule has 1 aliphatic rings. The summed E-state index contributed by atoms with van der Waals surface area (Å²) in [5.41, 5.74) is -1.61. The lowest BCUT2D eigenvalue weighted by Gasteiger charge is -2.39. The zero-order chi connectivity index (χ0) is 23.7. The van der Waals surface area contributed by atoms with Crippen LogP contribution in [-0.2, 0) is 9.53 Å². The highest BCUT2D eigenvalue weighted by molar-refractivity contribution is 5.91. The number of amides is 2. The fraction of sp³-hybridized carbons (Fsp3) is 0.500. The van der Waals surface area contributed by atoms with Crippen molar-refractivity contribution in [3.63, 3.8) is 0 Å². The molecule has 0 bridgehead atoms. The summed E-state index contributed by atoms with van der Waals surface area (Å²) in [7, 11) is 3.10. The third-order valence-electron chi connectivity index (χ3n) is 5.28. The first-order valence-corrected chi connectivity index (χ1v) is 10.5. The normalized spacial score (nSPS) is 16.5. The topological polar surface area (TPSA) is 95.5 Å². The molecule has 1 aromatic rings. The molecule has 176 valence electrons. The molecule has 1 unspecified atom stereocenters. The molecular formula is C22H32FN5O4. The van der Waals surface area contributed by atoms with Crippen molar-refractivity contribution in [1.82, 2.24) is 20.4 Å². The highest BCUT2D eigenvalue weighted by Crippen LogP contribution is 2.25. The molecule has 0 aromatic heterocycles. The molecule has 2 N–H and O–H groups in total. The standard InChI is InChI=1S/C22H32FN5O4/c1-6-25-20(26-16-12-14-28(15-13-16)21(30)31-7-2)27(5)22(3,19(29)24-4)32-18-11-9-8-10-17(18)23/h6,8-11,16H,1,7,12-15H2,2-5H3,(H,24,29)(H,25,26). The van der Waals surface area contributed by atoms with E-state index in [2.05, 4.69) is 17.2 Å². The molecule has 1 aliphatic heterocycles. The fourth-order valence-corrected chi connectivity index (χ4v) is 3.32. The van der Waals surface area contributed by atoms with Gasteiger partial charge in [0.1, 0.15) is 0 Å². The zero-order valence-electron chi connectivity index (χ0n) is 19.1. The molecule has 32 heavy (non-hydrogen) atoms. The molecule has 1 heterocycles. The van der Waals surface area contributed by atoms with E-state index in [0.717, 1.165) is 0 Å². The number of piperidine rings is 1. The number of likely N-dealkylation sites (N-methyl/N-ethyl adjacent to an activating group) is 2. The van der Waals surface area contributed by atoms with Crippen LogP contribution >= 0.6 is 0 Å². The van der Waals surface area contributed by atoms with Gasteiger partial charge in [-0.25, -0.2) is 14.2 Å². The summed E-state index contributed by atoms with van der Waals surface area (Å²) in [5.74, 6) is -0.806. The van der Waals surface area contributed by atoms with E-state index >= 15 is 0 Å². The van der Waals surface area contributed by atoms with E-state index in [1.807, 2.05) is 0 Å². The van der Waals surface area contributed by atoms with E-state index in [9.17, 15) is 14.0 Å². The minimum absolute atomic E-state index is 0.0638. The van der Waals surface area contributed by atoms with Crippen LogP contribution in [0.25, 0.3) is 0 Å². The molecule has 10 heteroatoms. The molecule has 0 radical (unpaired) electrons. The second-order valence-electron chi connectivity index (χ2n) is 7.37. The molecule has 0 saturated carbocycles. The van der Waals surface area contributed by atoms with Crippen LogP contribution in [0.1, 0.15) is 26.7 Å². The van der Waals surface area contributed by atoms with Crippen molar-refractivity contribution >= 4 is 18.0 Å². The number of guanidine groups is 1. The number of para-hydroxylation sites is 1. The van der Waals surface area contributed by atoms with Crippen molar-refractivity contribution in [2.75, 3.05) is 33.8 Å². The van der Waals surface area contributed by atoms with Gasteiger partial charge in [0.05, 0.1) is 12.6 Å². The average Bonchev–Trinajstić information content (AvgIpc) is 2.79. The van der Waals surface area contributed by atoms with E-state index < -0.39 is 17.4 Å². The summed E-state index contributed by atoms with van der Waals surface area (Å²) in [5, 5.41) is 5.51. The molecule has 1 atom stereocenters. The SMILES string of the molecule is C=CNC(=NC1CCN(C(=O)OCC)CC1)N(C)C(C)(Oc1ccccc1F)C(=O)NC.